The Morgan fingerprint density at radius 3 is 2.50 bits per heavy atom. The van der Waals surface area contributed by atoms with Crippen LogP contribution in [0.4, 0.5) is 22.0 Å². The fourth-order valence-corrected chi connectivity index (χ4v) is 1.89. The summed E-state index contributed by atoms with van der Waals surface area (Å²) in [5.74, 6) is 0.343. The molecular weight excluding hydrogens is 280 g/mol. The van der Waals surface area contributed by atoms with Gasteiger partial charge in [-0.2, -0.15) is 5.10 Å². The van der Waals surface area contributed by atoms with Gasteiger partial charge in [-0.25, -0.2) is 4.79 Å². The molecular formula is C15H14N6O. The first-order chi connectivity index (χ1) is 10.7. The van der Waals surface area contributed by atoms with Crippen LogP contribution in [0, 0.1) is 0 Å². The van der Waals surface area contributed by atoms with E-state index in [4.69, 9.17) is 5.73 Å². The van der Waals surface area contributed by atoms with Crippen LogP contribution in [0.5, 0.6) is 0 Å². The van der Waals surface area contributed by atoms with Crippen LogP contribution < -0.4 is 16.4 Å². The van der Waals surface area contributed by atoms with Gasteiger partial charge in [-0.15, -0.1) is 9.90 Å². The highest BCUT2D eigenvalue weighted by Gasteiger charge is 2.08. The molecule has 1 heterocycles. The fourth-order valence-electron chi connectivity index (χ4n) is 1.89. The molecule has 1 aromatic heterocycles. The maximum absolute atomic E-state index is 11.9. The van der Waals surface area contributed by atoms with E-state index in [-0.39, 0.29) is 0 Å². The van der Waals surface area contributed by atoms with Crippen LogP contribution in [0.1, 0.15) is 0 Å². The normalized spacial score (nSPS) is 10.2. The van der Waals surface area contributed by atoms with Gasteiger partial charge in [0.25, 0.3) is 0 Å². The van der Waals surface area contributed by atoms with Gasteiger partial charge < -0.3 is 11.1 Å². The third-order valence-electron chi connectivity index (χ3n) is 2.93. The molecule has 7 nitrogen and oxygen atoms in total. The molecule has 0 aliphatic heterocycles. The van der Waals surface area contributed by atoms with Crippen LogP contribution in [-0.2, 0) is 0 Å². The Morgan fingerprint density at radius 1 is 1.00 bits per heavy atom. The molecule has 0 saturated heterocycles. The van der Waals surface area contributed by atoms with E-state index >= 15 is 0 Å². The average Bonchev–Trinajstić information content (AvgIpc) is 2.99. The van der Waals surface area contributed by atoms with Gasteiger partial charge in [0.15, 0.2) is 5.82 Å². The standard InChI is InChI=1S/C15H14N6O/c16-12-8-4-5-9-13(12)18-15(22)19-14-10-17-21(20-14)11-6-2-1-3-7-11/h1-10H,16H2,(H2,18,19,20,22). The van der Waals surface area contributed by atoms with Gasteiger partial charge in [0, 0.05) is 0 Å². The Hall–Kier alpha value is -3.35. The van der Waals surface area contributed by atoms with Crippen molar-refractivity contribution < 1.29 is 4.79 Å². The van der Waals surface area contributed by atoms with Crippen molar-refractivity contribution in [1.82, 2.24) is 15.0 Å². The summed E-state index contributed by atoms with van der Waals surface area (Å²) in [4.78, 5) is 13.4. The lowest BCUT2D eigenvalue weighted by Gasteiger charge is -2.07. The molecule has 4 N–H and O–H groups in total. The van der Waals surface area contributed by atoms with Crippen molar-refractivity contribution in [2.24, 2.45) is 0 Å². The average molecular weight is 294 g/mol. The van der Waals surface area contributed by atoms with Gasteiger partial charge >= 0.3 is 6.03 Å². The molecule has 3 rings (SSSR count). The summed E-state index contributed by atoms with van der Waals surface area (Å²) in [7, 11) is 0. The number of nitrogens with one attached hydrogen (secondary N) is 2. The van der Waals surface area contributed by atoms with Crippen molar-refractivity contribution in [3.8, 4) is 5.69 Å². The third-order valence-corrected chi connectivity index (χ3v) is 2.93. The molecule has 0 aliphatic carbocycles. The molecule has 3 aromatic rings. The van der Waals surface area contributed by atoms with Crippen molar-refractivity contribution in [3.05, 3.63) is 60.8 Å². The number of benzene rings is 2. The highest BCUT2D eigenvalue weighted by Crippen LogP contribution is 2.17. The molecule has 0 spiro atoms. The van der Waals surface area contributed by atoms with Crippen LogP contribution in [0.25, 0.3) is 5.69 Å². The summed E-state index contributed by atoms with van der Waals surface area (Å²) in [6.45, 7) is 0. The molecule has 0 aliphatic rings. The van der Waals surface area contributed by atoms with E-state index in [0.29, 0.717) is 17.2 Å². The van der Waals surface area contributed by atoms with Crippen LogP contribution in [0.3, 0.4) is 0 Å². The van der Waals surface area contributed by atoms with E-state index in [1.54, 1.807) is 24.3 Å². The number of rotatable bonds is 3. The maximum atomic E-state index is 11.9. The number of carbonyl (C=O) groups is 1. The fraction of sp³-hybridized carbons (Fsp3) is 0. The number of anilines is 3. The smallest absolute Gasteiger partial charge is 0.325 e. The molecule has 2 aromatic carbocycles. The van der Waals surface area contributed by atoms with E-state index in [9.17, 15) is 4.79 Å². The second-order valence-corrected chi connectivity index (χ2v) is 4.52. The quantitative estimate of drug-likeness (QED) is 0.646. The first-order valence-corrected chi connectivity index (χ1v) is 6.62. The van der Waals surface area contributed by atoms with E-state index in [2.05, 4.69) is 20.8 Å². The largest absolute Gasteiger partial charge is 0.397 e. The van der Waals surface area contributed by atoms with E-state index < -0.39 is 6.03 Å². The van der Waals surface area contributed by atoms with Gasteiger partial charge in [0.1, 0.15) is 0 Å². The number of nitrogens with two attached hydrogens (primary N) is 1. The molecule has 2 amide bonds. The second-order valence-electron chi connectivity index (χ2n) is 4.52. The summed E-state index contributed by atoms with van der Waals surface area (Å²) in [5.41, 5.74) is 7.61. The number of carbonyl (C=O) groups excluding carboxylic acids is 1. The number of hydrogen-bond donors (Lipinski definition) is 3. The second kappa shape index (κ2) is 5.96. The van der Waals surface area contributed by atoms with Gasteiger partial charge in [-0.05, 0) is 24.3 Å². The van der Waals surface area contributed by atoms with E-state index in [1.807, 2.05) is 30.3 Å². The Labute approximate surface area is 126 Å². The van der Waals surface area contributed by atoms with Crippen LogP contribution in [0.15, 0.2) is 60.8 Å². The topological polar surface area (TPSA) is 97.9 Å². The third kappa shape index (κ3) is 3.04. The van der Waals surface area contributed by atoms with Crippen molar-refractivity contribution in [2.75, 3.05) is 16.4 Å². The van der Waals surface area contributed by atoms with Crippen molar-refractivity contribution in [3.63, 3.8) is 0 Å². The zero-order valence-electron chi connectivity index (χ0n) is 11.6. The summed E-state index contributed by atoms with van der Waals surface area (Å²) in [5, 5.41) is 13.6. The number of hydrogen-bond acceptors (Lipinski definition) is 4. The first-order valence-electron chi connectivity index (χ1n) is 6.62. The molecule has 0 atom stereocenters. The Morgan fingerprint density at radius 2 is 1.73 bits per heavy atom. The lowest BCUT2D eigenvalue weighted by molar-refractivity contribution is 0.262. The summed E-state index contributed by atoms with van der Waals surface area (Å²) in [6.07, 6.45) is 1.47. The Kier molecular flexibility index (Phi) is 3.69. The minimum Gasteiger partial charge on any atom is -0.397 e. The molecule has 22 heavy (non-hydrogen) atoms. The number of nitrogens with zero attached hydrogens (tertiary/aromatic N) is 3. The van der Waals surface area contributed by atoms with E-state index in [0.717, 1.165) is 5.69 Å². The summed E-state index contributed by atoms with van der Waals surface area (Å²) < 4.78 is 0. The Balaban J connectivity index is 1.68. The van der Waals surface area contributed by atoms with Crippen molar-refractivity contribution >= 4 is 23.2 Å². The van der Waals surface area contributed by atoms with Gasteiger partial charge in [0.2, 0.25) is 0 Å². The van der Waals surface area contributed by atoms with E-state index in [1.165, 1.54) is 11.0 Å². The number of nitrogen functional groups attached to an aromatic ring is 1. The minimum atomic E-state index is -0.432. The maximum Gasteiger partial charge on any atom is 0.325 e. The molecule has 0 bridgehead atoms. The molecule has 7 heteroatoms. The number of para-hydroxylation sites is 3. The monoisotopic (exact) mass is 294 g/mol. The summed E-state index contributed by atoms with van der Waals surface area (Å²) in [6, 6.07) is 16.0. The zero-order chi connectivity index (χ0) is 15.4. The number of urea groups is 1. The van der Waals surface area contributed by atoms with Crippen LogP contribution in [0.2, 0.25) is 0 Å². The van der Waals surface area contributed by atoms with Crippen LogP contribution >= 0.6 is 0 Å². The van der Waals surface area contributed by atoms with Crippen molar-refractivity contribution in [1.29, 1.82) is 0 Å². The minimum absolute atomic E-state index is 0.343. The molecule has 0 radical (unpaired) electrons. The SMILES string of the molecule is Nc1ccccc1NC(=O)Nc1cnn(-c2ccccc2)n1. The molecule has 0 fully saturated rings. The predicted molar refractivity (Wildman–Crippen MR) is 84.9 cm³/mol. The van der Waals surface area contributed by atoms with Crippen LogP contribution in [-0.4, -0.2) is 21.0 Å². The van der Waals surface area contributed by atoms with Gasteiger partial charge in [-0.1, -0.05) is 30.3 Å². The number of amides is 2. The Bertz CT molecular complexity index is 783. The zero-order valence-corrected chi connectivity index (χ0v) is 11.6. The molecule has 0 saturated carbocycles. The molecule has 0 unspecified atom stereocenters. The lowest BCUT2D eigenvalue weighted by Crippen LogP contribution is -2.20. The van der Waals surface area contributed by atoms with Gasteiger partial charge in [0.05, 0.1) is 23.3 Å². The predicted octanol–water partition coefficient (Wildman–Crippen LogP) is 2.49. The molecule has 110 valence electrons. The first kappa shape index (κ1) is 13.6. The lowest BCUT2D eigenvalue weighted by atomic mass is 10.3. The summed E-state index contributed by atoms with van der Waals surface area (Å²) >= 11 is 0. The highest BCUT2D eigenvalue weighted by atomic mass is 16.2. The highest BCUT2D eigenvalue weighted by molar-refractivity contribution is 6.00. The van der Waals surface area contributed by atoms with Gasteiger partial charge in [-0.3, -0.25) is 5.32 Å². The number of aromatic nitrogens is 3. The van der Waals surface area contributed by atoms with Crippen molar-refractivity contribution in [2.45, 2.75) is 0 Å².